The first-order valence-corrected chi connectivity index (χ1v) is 12.3. The van der Waals surface area contributed by atoms with Gasteiger partial charge in [0.2, 0.25) is 0 Å². The number of pyridine rings is 1. The summed E-state index contributed by atoms with van der Waals surface area (Å²) in [7, 11) is -6.18. The highest BCUT2D eigenvalue weighted by molar-refractivity contribution is 9.10. The van der Waals surface area contributed by atoms with Crippen molar-refractivity contribution in [2.45, 2.75) is 32.6 Å². The number of rotatable bonds is 8. The molecule has 0 aliphatic rings. The Balaban J connectivity index is 3.26. The van der Waals surface area contributed by atoms with Gasteiger partial charge in [-0.25, -0.2) is 4.98 Å². The molecule has 1 atom stereocenters. The van der Waals surface area contributed by atoms with Crippen LogP contribution in [0.4, 0.5) is 0 Å². The van der Waals surface area contributed by atoms with Gasteiger partial charge < -0.3 is 13.6 Å². The van der Waals surface area contributed by atoms with E-state index in [1.165, 1.54) is 0 Å². The molecular weight excluding hydrogens is 388 g/mol. The summed E-state index contributed by atoms with van der Waals surface area (Å²) < 4.78 is 37.4. The molecule has 8 heteroatoms. The zero-order valence-electron chi connectivity index (χ0n) is 13.7. The van der Waals surface area contributed by atoms with E-state index in [0.717, 1.165) is 11.1 Å². The standard InChI is InChI=1S/C14H24BrNO4P2/c1-6-19-22(18,20-7-2)13(21(4,5)17)9-12-8-11(3)10-16-14(12)15/h8,10,13H,6-7,9H2,1-5H3. The third-order valence-corrected chi connectivity index (χ3v) is 10.1. The van der Waals surface area contributed by atoms with E-state index in [1.807, 2.05) is 13.0 Å². The van der Waals surface area contributed by atoms with Gasteiger partial charge in [0.15, 0.2) is 0 Å². The third-order valence-electron chi connectivity index (χ3n) is 3.15. The molecule has 0 amide bonds. The van der Waals surface area contributed by atoms with Crippen LogP contribution in [0.2, 0.25) is 0 Å². The fraction of sp³-hybridized carbons (Fsp3) is 0.643. The Hall–Kier alpha value is 0.01000. The van der Waals surface area contributed by atoms with E-state index in [-0.39, 0.29) is 13.2 Å². The molecule has 126 valence electrons. The predicted molar refractivity (Wildman–Crippen MR) is 94.5 cm³/mol. The van der Waals surface area contributed by atoms with Crippen LogP contribution < -0.4 is 0 Å². The number of nitrogens with zero attached hydrogens (tertiary/aromatic N) is 1. The molecule has 1 aromatic heterocycles. The monoisotopic (exact) mass is 411 g/mol. The van der Waals surface area contributed by atoms with Crippen LogP contribution >= 0.6 is 30.7 Å². The Kier molecular flexibility index (Phi) is 7.48. The van der Waals surface area contributed by atoms with Crippen LogP contribution in [0, 0.1) is 6.92 Å². The summed E-state index contributed by atoms with van der Waals surface area (Å²) in [6.07, 6.45) is 2.07. The molecule has 1 unspecified atom stereocenters. The van der Waals surface area contributed by atoms with E-state index < -0.39 is 20.1 Å². The SMILES string of the molecule is CCOP(=O)(OCC)C(Cc1cc(C)cnc1Br)P(C)(C)=O. The average molecular weight is 412 g/mol. The van der Waals surface area contributed by atoms with E-state index in [1.54, 1.807) is 33.4 Å². The van der Waals surface area contributed by atoms with Crippen molar-refractivity contribution in [3.8, 4) is 0 Å². The molecule has 1 heterocycles. The van der Waals surface area contributed by atoms with E-state index in [4.69, 9.17) is 9.05 Å². The van der Waals surface area contributed by atoms with Crippen LogP contribution in [0.25, 0.3) is 0 Å². The van der Waals surface area contributed by atoms with Crippen molar-refractivity contribution < 1.29 is 18.2 Å². The van der Waals surface area contributed by atoms with Gasteiger partial charge in [-0.3, -0.25) is 4.57 Å². The maximum atomic E-state index is 13.1. The summed E-state index contributed by atoms with van der Waals surface area (Å²) in [4.78, 5) is 4.24. The molecule has 0 bridgehead atoms. The van der Waals surface area contributed by atoms with Crippen LogP contribution in [-0.4, -0.2) is 36.9 Å². The highest BCUT2D eigenvalue weighted by Gasteiger charge is 2.43. The van der Waals surface area contributed by atoms with Crippen LogP contribution in [0.1, 0.15) is 25.0 Å². The molecular formula is C14H24BrNO4P2. The molecule has 0 N–H and O–H groups in total. The molecule has 1 rings (SSSR count). The van der Waals surface area contributed by atoms with Crippen molar-refractivity contribution in [3.05, 3.63) is 28.0 Å². The van der Waals surface area contributed by atoms with Crippen LogP contribution in [-0.2, 0) is 24.6 Å². The maximum Gasteiger partial charge on any atom is 0.341 e. The molecule has 0 aliphatic carbocycles. The van der Waals surface area contributed by atoms with Gasteiger partial charge in [-0.1, -0.05) is 6.07 Å². The number of hydrogen-bond donors (Lipinski definition) is 0. The van der Waals surface area contributed by atoms with Crippen LogP contribution in [0.15, 0.2) is 16.9 Å². The fourth-order valence-electron chi connectivity index (χ4n) is 2.19. The Bertz CT molecular complexity index is 593. The second-order valence-electron chi connectivity index (χ2n) is 5.46. The first-order valence-electron chi connectivity index (χ1n) is 7.18. The second kappa shape index (κ2) is 8.21. The van der Waals surface area contributed by atoms with Crippen molar-refractivity contribution >= 4 is 30.7 Å². The van der Waals surface area contributed by atoms with Crippen molar-refractivity contribution in [2.24, 2.45) is 0 Å². The Morgan fingerprint density at radius 1 is 1.23 bits per heavy atom. The molecule has 0 aromatic carbocycles. The fourth-order valence-corrected chi connectivity index (χ4v) is 7.89. The van der Waals surface area contributed by atoms with Gasteiger partial charge in [0.25, 0.3) is 0 Å². The second-order valence-corrected chi connectivity index (χ2v) is 12.3. The molecule has 0 radical (unpaired) electrons. The first kappa shape index (κ1) is 20.1. The molecule has 0 saturated carbocycles. The summed E-state index contributed by atoms with van der Waals surface area (Å²) >= 11 is 3.40. The van der Waals surface area contributed by atoms with E-state index in [0.29, 0.717) is 11.0 Å². The number of hydrogen-bond acceptors (Lipinski definition) is 5. The number of aromatic nitrogens is 1. The van der Waals surface area contributed by atoms with Crippen LogP contribution in [0.5, 0.6) is 0 Å². The van der Waals surface area contributed by atoms with Gasteiger partial charge in [-0.15, -0.1) is 0 Å². The minimum atomic E-state index is -3.46. The van der Waals surface area contributed by atoms with Gasteiger partial charge in [0, 0.05) is 6.20 Å². The van der Waals surface area contributed by atoms with Crippen molar-refractivity contribution in [3.63, 3.8) is 0 Å². The summed E-state index contributed by atoms with van der Waals surface area (Å²) in [6, 6.07) is 1.95. The molecule has 0 spiro atoms. The van der Waals surface area contributed by atoms with Crippen LogP contribution in [0.3, 0.4) is 0 Å². The van der Waals surface area contributed by atoms with E-state index >= 15 is 0 Å². The highest BCUT2D eigenvalue weighted by atomic mass is 79.9. The molecule has 0 aliphatic heterocycles. The lowest BCUT2D eigenvalue weighted by molar-refractivity contribution is 0.217. The summed E-state index contributed by atoms with van der Waals surface area (Å²) in [5.74, 6) is 0. The summed E-state index contributed by atoms with van der Waals surface area (Å²) in [5.41, 5.74) is 1.84. The lowest BCUT2D eigenvalue weighted by atomic mass is 10.2. The van der Waals surface area contributed by atoms with Gasteiger partial charge in [0.05, 0.1) is 20.4 Å². The van der Waals surface area contributed by atoms with E-state index in [9.17, 15) is 9.13 Å². The van der Waals surface area contributed by atoms with E-state index in [2.05, 4.69) is 20.9 Å². The summed E-state index contributed by atoms with van der Waals surface area (Å²) in [5, 5.41) is -0.681. The first-order chi connectivity index (χ1) is 10.1. The lowest BCUT2D eigenvalue weighted by Gasteiger charge is -2.29. The maximum absolute atomic E-state index is 13.1. The number of aryl methyl sites for hydroxylation is 1. The molecule has 22 heavy (non-hydrogen) atoms. The quantitative estimate of drug-likeness (QED) is 0.449. The Morgan fingerprint density at radius 3 is 2.23 bits per heavy atom. The number of halogens is 1. The minimum absolute atomic E-state index is 0.251. The lowest BCUT2D eigenvalue weighted by Crippen LogP contribution is -2.17. The minimum Gasteiger partial charge on any atom is -0.323 e. The van der Waals surface area contributed by atoms with Crippen molar-refractivity contribution in [1.29, 1.82) is 0 Å². The summed E-state index contributed by atoms with van der Waals surface area (Å²) in [6.45, 7) is 9.19. The molecule has 5 nitrogen and oxygen atoms in total. The Morgan fingerprint density at radius 2 is 1.77 bits per heavy atom. The van der Waals surface area contributed by atoms with Crippen molar-refractivity contribution in [1.82, 2.24) is 4.98 Å². The van der Waals surface area contributed by atoms with Gasteiger partial charge in [-0.2, -0.15) is 0 Å². The highest BCUT2D eigenvalue weighted by Crippen LogP contribution is 2.67. The average Bonchev–Trinajstić information content (AvgIpc) is 2.38. The molecule has 0 saturated heterocycles. The smallest absolute Gasteiger partial charge is 0.323 e. The zero-order valence-corrected chi connectivity index (χ0v) is 17.1. The molecule has 1 aromatic rings. The van der Waals surface area contributed by atoms with Gasteiger partial charge >= 0.3 is 7.60 Å². The predicted octanol–water partition coefficient (Wildman–Crippen LogP) is 4.91. The molecule has 0 fully saturated rings. The van der Waals surface area contributed by atoms with Gasteiger partial charge in [-0.05, 0) is 67.6 Å². The van der Waals surface area contributed by atoms with Gasteiger partial charge in [0.1, 0.15) is 10.0 Å². The zero-order chi connectivity index (χ0) is 17.0. The topological polar surface area (TPSA) is 65.5 Å². The largest absolute Gasteiger partial charge is 0.341 e. The third kappa shape index (κ3) is 5.28. The van der Waals surface area contributed by atoms with Crippen molar-refractivity contribution in [2.75, 3.05) is 26.5 Å². The normalized spacial score (nSPS) is 14.1. The Labute approximate surface area is 141 Å².